The molecule has 0 saturated heterocycles. The fourth-order valence-corrected chi connectivity index (χ4v) is 0.390. The van der Waals surface area contributed by atoms with Gasteiger partial charge >= 0.3 is 0 Å². The summed E-state index contributed by atoms with van der Waals surface area (Å²) in [4.78, 5) is 0. The summed E-state index contributed by atoms with van der Waals surface area (Å²) in [5.74, 6) is 0. The van der Waals surface area contributed by atoms with Crippen LogP contribution in [-0.2, 0) is 9.47 Å². The number of ether oxygens (including phenoxy) is 2. The predicted molar refractivity (Wildman–Crippen MR) is 47.2 cm³/mol. The molecule has 0 heterocycles. The van der Waals surface area contributed by atoms with E-state index in [0.29, 0.717) is 13.2 Å². The monoisotopic (exact) mass is 180 g/mol. The lowest BCUT2D eigenvalue weighted by atomic mass is 10.3. The number of rotatable bonds is 6. The van der Waals surface area contributed by atoms with Crippen molar-refractivity contribution in [2.24, 2.45) is 0 Å². The third kappa shape index (κ3) is 22.5. The second kappa shape index (κ2) is 17.1. The van der Waals surface area contributed by atoms with Crippen molar-refractivity contribution in [3.05, 3.63) is 0 Å². The highest BCUT2D eigenvalue weighted by Crippen LogP contribution is 1.80. The van der Waals surface area contributed by atoms with E-state index in [0.717, 1.165) is 12.8 Å². The van der Waals surface area contributed by atoms with Crippen LogP contribution in [0.3, 0.4) is 0 Å². The first kappa shape index (κ1) is 14.4. The van der Waals surface area contributed by atoms with Gasteiger partial charge in [-0.1, -0.05) is 0 Å². The van der Waals surface area contributed by atoms with Gasteiger partial charge in [-0.25, -0.2) is 0 Å². The lowest BCUT2D eigenvalue weighted by Crippen LogP contribution is -1.96. The van der Waals surface area contributed by atoms with E-state index >= 15 is 0 Å². The van der Waals surface area contributed by atoms with E-state index in [1.165, 1.54) is 0 Å². The van der Waals surface area contributed by atoms with Crippen molar-refractivity contribution in [3.63, 3.8) is 0 Å². The highest BCUT2D eigenvalue weighted by atomic mass is 16.5. The SMILES string of the molecule is COCCOC.OCCCCO. The molecule has 4 nitrogen and oxygen atoms in total. The minimum atomic E-state index is 0.195. The van der Waals surface area contributed by atoms with E-state index < -0.39 is 0 Å². The van der Waals surface area contributed by atoms with E-state index in [1.54, 1.807) is 14.2 Å². The zero-order chi connectivity index (χ0) is 9.66. The minimum absolute atomic E-state index is 0.195. The summed E-state index contributed by atoms with van der Waals surface area (Å²) in [6, 6.07) is 0. The molecule has 0 aliphatic carbocycles. The molecule has 2 N–H and O–H groups in total. The Morgan fingerprint density at radius 2 is 1.17 bits per heavy atom. The average Bonchev–Trinajstić information content (AvgIpc) is 2.12. The Morgan fingerprint density at radius 3 is 1.33 bits per heavy atom. The van der Waals surface area contributed by atoms with Crippen molar-refractivity contribution in [1.82, 2.24) is 0 Å². The van der Waals surface area contributed by atoms with Crippen molar-refractivity contribution >= 4 is 0 Å². The van der Waals surface area contributed by atoms with Crippen molar-refractivity contribution in [2.75, 3.05) is 40.6 Å². The number of unbranched alkanes of at least 4 members (excludes halogenated alkanes) is 1. The summed E-state index contributed by atoms with van der Waals surface area (Å²) in [6.07, 6.45) is 1.44. The van der Waals surface area contributed by atoms with Crippen LogP contribution in [0.2, 0.25) is 0 Å². The maximum absolute atomic E-state index is 8.09. The van der Waals surface area contributed by atoms with Gasteiger partial charge < -0.3 is 19.7 Å². The molecule has 0 saturated carbocycles. The number of aliphatic hydroxyl groups is 2. The number of aliphatic hydroxyl groups excluding tert-OH is 2. The molecule has 0 radical (unpaired) electrons. The topological polar surface area (TPSA) is 58.9 Å². The Kier molecular flexibility index (Phi) is 20.4. The third-order valence-electron chi connectivity index (χ3n) is 1.06. The quantitative estimate of drug-likeness (QED) is 0.566. The molecule has 0 unspecified atom stereocenters. The molecular weight excluding hydrogens is 160 g/mol. The zero-order valence-electron chi connectivity index (χ0n) is 7.95. The molecule has 0 aliphatic rings. The van der Waals surface area contributed by atoms with Crippen LogP contribution in [0.4, 0.5) is 0 Å². The Labute approximate surface area is 74.1 Å². The van der Waals surface area contributed by atoms with Gasteiger partial charge in [0, 0.05) is 27.4 Å². The van der Waals surface area contributed by atoms with Gasteiger partial charge in [-0.15, -0.1) is 0 Å². The molecule has 0 rings (SSSR count). The number of methoxy groups -OCH3 is 2. The molecule has 0 aromatic rings. The Morgan fingerprint density at radius 1 is 0.833 bits per heavy atom. The molecule has 0 aliphatic heterocycles. The summed E-state index contributed by atoms with van der Waals surface area (Å²) in [6.45, 7) is 1.77. The largest absolute Gasteiger partial charge is 0.396 e. The summed E-state index contributed by atoms with van der Waals surface area (Å²) in [5.41, 5.74) is 0. The second-order valence-electron chi connectivity index (χ2n) is 2.14. The van der Waals surface area contributed by atoms with Crippen molar-refractivity contribution in [3.8, 4) is 0 Å². The van der Waals surface area contributed by atoms with Gasteiger partial charge in [0.25, 0.3) is 0 Å². The van der Waals surface area contributed by atoms with Gasteiger partial charge in [0.1, 0.15) is 0 Å². The summed E-state index contributed by atoms with van der Waals surface area (Å²) >= 11 is 0. The molecule has 4 heteroatoms. The lowest BCUT2D eigenvalue weighted by Gasteiger charge is -1.91. The summed E-state index contributed by atoms with van der Waals surface area (Å²) in [7, 11) is 3.30. The maximum atomic E-state index is 8.09. The first-order valence-electron chi connectivity index (χ1n) is 4.03. The third-order valence-corrected chi connectivity index (χ3v) is 1.06. The summed E-state index contributed by atoms with van der Waals surface area (Å²) < 4.78 is 9.31. The van der Waals surface area contributed by atoms with Crippen LogP contribution < -0.4 is 0 Å². The minimum Gasteiger partial charge on any atom is -0.396 e. The van der Waals surface area contributed by atoms with E-state index in [-0.39, 0.29) is 13.2 Å². The predicted octanol–water partition coefficient (Wildman–Crippen LogP) is 0.0304. The van der Waals surface area contributed by atoms with Crippen LogP contribution in [0, 0.1) is 0 Å². The number of hydrogen-bond acceptors (Lipinski definition) is 4. The normalized spacial score (nSPS) is 9.00. The van der Waals surface area contributed by atoms with Gasteiger partial charge in [-0.05, 0) is 12.8 Å². The smallest absolute Gasteiger partial charge is 0.0696 e. The molecule has 0 spiro atoms. The Hall–Kier alpha value is -0.160. The zero-order valence-corrected chi connectivity index (χ0v) is 7.95. The molecule has 0 fully saturated rings. The molecule has 12 heavy (non-hydrogen) atoms. The fraction of sp³-hybridized carbons (Fsp3) is 1.00. The molecule has 0 atom stereocenters. The average molecular weight is 180 g/mol. The molecule has 0 aromatic heterocycles. The molecule has 0 amide bonds. The number of hydrogen-bond donors (Lipinski definition) is 2. The summed E-state index contributed by atoms with van der Waals surface area (Å²) in [5, 5.41) is 16.2. The van der Waals surface area contributed by atoms with Gasteiger partial charge in [0.15, 0.2) is 0 Å². The molecule has 76 valence electrons. The van der Waals surface area contributed by atoms with Crippen LogP contribution >= 0.6 is 0 Å². The molecule has 0 aromatic carbocycles. The highest BCUT2D eigenvalue weighted by Gasteiger charge is 1.77. The van der Waals surface area contributed by atoms with E-state index in [4.69, 9.17) is 10.2 Å². The molecular formula is C8H20O4. The lowest BCUT2D eigenvalue weighted by molar-refractivity contribution is 0.103. The molecule has 0 bridgehead atoms. The van der Waals surface area contributed by atoms with Crippen molar-refractivity contribution in [2.45, 2.75) is 12.8 Å². The van der Waals surface area contributed by atoms with Gasteiger partial charge in [-0.3, -0.25) is 0 Å². The van der Waals surface area contributed by atoms with Gasteiger partial charge in [0.05, 0.1) is 13.2 Å². The van der Waals surface area contributed by atoms with Crippen molar-refractivity contribution in [1.29, 1.82) is 0 Å². The second-order valence-corrected chi connectivity index (χ2v) is 2.14. The van der Waals surface area contributed by atoms with E-state index in [2.05, 4.69) is 9.47 Å². The maximum Gasteiger partial charge on any atom is 0.0696 e. The van der Waals surface area contributed by atoms with Gasteiger partial charge in [-0.2, -0.15) is 0 Å². The van der Waals surface area contributed by atoms with Crippen LogP contribution in [-0.4, -0.2) is 50.9 Å². The first-order chi connectivity index (χ1) is 5.83. The van der Waals surface area contributed by atoms with Crippen LogP contribution in [0.25, 0.3) is 0 Å². The Balaban J connectivity index is 0. The van der Waals surface area contributed by atoms with Crippen LogP contribution in [0.1, 0.15) is 12.8 Å². The Bertz CT molecular complexity index is 43.0. The standard InChI is InChI=1S/2C4H10O2/c1-5-3-4-6-2;5-3-1-2-4-6/h3-4H2,1-2H3;5-6H,1-4H2. The van der Waals surface area contributed by atoms with Gasteiger partial charge in [0.2, 0.25) is 0 Å². The fourth-order valence-electron chi connectivity index (χ4n) is 0.390. The van der Waals surface area contributed by atoms with E-state index in [1.807, 2.05) is 0 Å². The first-order valence-corrected chi connectivity index (χ1v) is 4.03. The van der Waals surface area contributed by atoms with E-state index in [9.17, 15) is 0 Å². The van der Waals surface area contributed by atoms with Crippen molar-refractivity contribution < 1.29 is 19.7 Å². The van der Waals surface area contributed by atoms with Crippen LogP contribution in [0.5, 0.6) is 0 Å². The highest BCUT2D eigenvalue weighted by molar-refractivity contribution is 4.30. The van der Waals surface area contributed by atoms with Crippen LogP contribution in [0.15, 0.2) is 0 Å².